The molecule has 0 aliphatic rings. The van der Waals surface area contributed by atoms with E-state index in [4.69, 9.17) is 5.11 Å². The van der Waals surface area contributed by atoms with E-state index in [0.717, 1.165) is 0 Å². The average Bonchev–Trinajstić information content (AvgIpc) is 2.16. The molecule has 1 aromatic rings. The van der Waals surface area contributed by atoms with Crippen LogP contribution in [0.4, 0.5) is 0 Å². The van der Waals surface area contributed by atoms with Gasteiger partial charge in [-0.25, -0.2) is 0 Å². The molecule has 0 unspecified atom stereocenters. The van der Waals surface area contributed by atoms with Gasteiger partial charge in [0.15, 0.2) is 0 Å². The Balaban J connectivity index is 0.00000196. The summed E-state index contributed by atoms with van der Waals surface area (Å²) >= 11 is 0. The van der Waals surface area contributed by atoms with Crippen LogP contribution in [0.2, 0.25) is 0 Å². The summed E-state index contributed by atoms with van der Waals surface area (Å²) in [4.78, 5) is 20.4. The summed E-state index contributed by atoms with van der Waals surface area (Å²) in [7, 11) is 0. The number of carbonyl (C=O) groups excluding carboxylic acids is 1. The third-order valence-corrected chi connectivity index (χ3v) is 1.76. The second-order valence-electron chi connectivity index (χ2n) is 2.81. The van der Waals surface area contributed by atoms with Crippen molar-refractivity contribution < 1.29 is 44.6 Å². The molecule has 0 saturated carbocycles. The minimum absolute atomic E-state index is 0. The molecule has 0 aromatic heterocycles. The molecule has 0 fully saturated rings. The van der Waals surface area contributed by atoms with Gasteiger partial charge in [0.2, 0.25) is 0 Å². The van der Waals surface area contributed by atoms with Crippen molar-refractivity contribution in [2.45, 2.75) is 12.5 Å². The number of phenolic OH excluding ortho intramolecular Hbond substituents is 1. The number of benzene rings is 1. The van der Waals surface area contributed by atoms with Crippen molar-refractivity contribution in [3.63, 3.8) is 0 Å². The summed E-state index contributed by atoms with van der Waals surface area (Å²) in [5.41, 5.74) is 0.608. The molecule has 0 amide bonds. The van der Waals surface area contributed by atoms with Gasteiger partial charge in [0.1, 0.15) is 11.8 Å². The standard InChI is InChI=1S/C9H9NO4.Na/c11-7-3-1-6(2-4-7)5-8(10-14)9(12)13;/h1-4,8,11H,5H2,(H,12,13);/q;+1/p-1/t8-;/m0./s1. The van der Waals surface area contributed by atoms with Crippen molar-refractivity contribution in [1.29, 1.82) is 0 Å². The van der Waals surface area contributed by atoms with Crippen molar-refractivity contribution >= 4 is 5.97 Å². The summed E-state index contributed by atoms with van der Waals surface area (Å²) < 4.78 is 0. The van der Waals surface area contributed by atoms with Gasteiger partial charge in [0, 0.05) is 6.42 Å². The molecule has 5 nitrogen and oxygen atoms in total. The third kappa shape index (κ3) is 4.42. The van der Waals surface area contributed by atoms with E-state index in [1.54, 1.807) is 0 Å². The molecule has 0 radical (unpaired) electrons. The van der Waals surface area contributed by atoms with Gasteiger partial charge in [-0.2, -0.15) is 4.91 Å². The summed E-state index contributed by atoms with van der Waals surface area (Å²) in [6.07, 6.45) is -0.0217. The monoisotopic (exact) mass is 217 g/mol. The van der Waals surface area contributed by atoms with Crippen molar-refractivity contribution in [2.24, 2.45) is 5.18 Å². The van der Waals surface area contributed by atoms with Gasteiger partial charge in [0.05, 0.1) is 5.97 Å². The zero-order valence-electron chi connectivity index (χ0n) is 8.21. The van der Waals surface area contributed by atoms with E-state index >= 15 is 0 Å². The molecule has 1 rings (SSSR count). The smallest absolute Gasteiger partial charge is 0.548 e. The summed E-state index contributed by atoms with van der Waals surface area (Å²) in [5.74, 6) is -1.41. The van der Waals surface area contributed by atoms with E-state index in [9.17, 15) is 14.8 Å². The summed E-state index contributed by atoms with van der Waals surface area (Å²) in [6.45, 7) is 0. The third-order valence-electron chi connectivity index (χ3n) is 1.76. The molecule has 74 valence electrons. The number of hydrogen-bond acceptors (Lipinski definition) is 5. The van der Waals surface area contributed by atoms with Crippen LogP contribution in [0.3, 0.4) is 0 Å². The predicted molar refractivity (Wildman–Crippen MR) is 46.4 cm³/mol. The molecule has 0 bridgehead atoms. The van der Waals surface area contributed by atoms with Crippen LogP contribution in [0.15, 0.2) is 29.4 Å². The predicted octanol–water partition coefficient (Wildman–Crippen LogP) is -3.18. The van der Waals surface area contributed by atoms with E-state index < -0.39 is 12.0 Å². The van der Waals surface area contributed by atoms with Gasteiger partial charge in [-0.05, 0) is 17.7 Å². The molecule has 1 N–H and O–H groups in total. The van der Waals surface area contributed by atoms with Crippen LogP contribution in [-0.4, -0.2) is 17.1 Å². The van der Waals surface area contributed by atoms with Crippen LogP contribution in [0.5, 0.6) is 5.75 Å². The van der Waals surface area contributed by atoms with E-state index in [2.05, 4.69) is 5.18 Å². The first-order valence-corrected chi connectivity index (χ1v) is 3.94. The first kappa shape index (κ1) is 14.1. The van der Waals surface area contributed by atoms with Crippen molar-refractivity contribution in [2.75, 3.05) is 0 Å². The molecule has 6 heteroatoms. The Morgan fingerprint density at radius 2 is 1.93 bits per heavy atom. The first-order chi connectivity index (χ1) is 6.63. The number of nitrogens with zero attached hydrogens (tertiary/aromatic N) is 1. The Kier molecular flexibility index (Phi) is 6.15. The maximum atomic E-state index is 10.3. The number of hydrogen-bond donors (Lipinski definition) is 1. The van der Waals surface area contributed by atoms with Gasteiger partial charge >= 0.3 is 29.6 Å². The van der Waals surface area contributed by atoms with Gasteiger partial charge in [-0.15, -0.1) is 0 Å². The average molecular weight is 217 g/mol. The Labute approximate surface area is 108 Å². The second kappa shape index (κ2) is 6.55. The van der Waals surface area contributed by atoms with Crippen LogP contribution >= 0.6 is 0 Å². The quantitative estimate of drug-likeness (QED) is 0.425. The SMILES string of the molecule is O=N[C@@H](Cc1ccc(O)cc1)C(=O)[O-].[Na+]. The van der Waals surface area contributed by atoms with Crippen LogP contribution in [-0.2, 0) is 11.2 Å². The fraction of sp³-hybridized carbons (Fsp3) is 0.222. The second-order valence-corrected chi connectivity index (χ2v) is 2.81. The van der Waals surface area contributed by atoms with Gasteiger partial charge in [-0.1, -0.05) is 17.3 Å². The fourth-order valence-corrected chi connectivity index (χ4v) is 1.02. The Bertz CT molecular complexity index is 338. The number of aromatic hydroxyl groups is 1. The number of carboxylic acid groups (broad SMARTS) is 1. The van der Waals surface area contributed by atoms with Gasteiger partial charge < -0.3 is 15.0 Å². The Morgan fingerprint density at radius 1 is 1.40 bits per heavy atom. The molecular formula is C9H8NNaO4. The zero-order chi connectivity index (χ0) is 10.6. The number of aliphatic carboxylic acids is 1. The largest absolute Gasteiger partial charge is 1.00 e. The number of rotatable bonds is 4. The minimum atomic E-state index is -1.49. The van der Waals surface area contributed by atoms with Crippen LogP contribution in [0.25, 0.3) is 0 Å². The van der Waals surface area contributed by atoms with Crippen molar-refractivity contribution in [3.05, 3.63) is 34.7 Å². The molecule has 15 heavy (non-hydrogen) atoms. The number of carbonyl (C=O) groups is 1. The molecule has 0 spiro atoms. The Morgan fingerprint density at radius 3 is 2.33 bits per heavy atom. The van der Waals surface area contributed by atoms with E-state index in [-0.39, 0.29) is 41.7 Å². The number of carboxylic acids is 1. The van der Waals surface area contributed by atoms with Gasteiger partial charge in [-0.3, -0.25) is 0 Å². The van der Waals surface area contributed by atoms with E-state index in [1.165, 1.54) is 24.3 Å². The summed E-state index contributed by atoms with van der Waals surface area (Å²) in [5, 5.41) is 21.7. The van der Waals surface area contributed by atoms with Crippen LogP contribution in [0.1, 0.15) is 5.56 Å². The molecule has 0 saturated heterocycles. The normalized spacial score (nSPS) is 11.2. The van der Waals surface area contributed by atoms with Crippen molar-refractivity contribution in [3.8, 4) is 5.75 Å². The van der Waals surface area contributed by atoms with Crippen LogP contribution in [0, 0.1) is 4.91 Å². The molecule has 0 aliphatic heterocycles. The molecular weight excluding hydrogens is 209 g/mol. The zero-order valence-corrected chi connectivity index (χ0v) is 10.2. The van der Waals surface area contributed by atoms with Crippen LogP contribution < -0.4 is 34.7 Å². The number of nitroso groups, excluding NO2 is 1. The Hall–Kier alpha value is -0.910. The maximum absolute atomic E-state index is 10.3. The minimum Gasteiger partial charge on any atom is -0.548 e. The molecule has 0 aliphatic carbocycles. The number of phenols is 1. The molecule has 0 heterocycles. The molecule has 1 atom stereocenters. The summed E-state index contributed by atoms with van der Waals surface area (Å²) in [6, 6.07) is 4.49. The fourth-order valence-electron chi connectivity index (χ4n) is 1.02. The molecule has 1 aromatic carbocycles. The first-order valence-electron chi connectivity index (χ1n) is 3.94. The van der Waals surface area contributed by atoms with Gasteiger partial charge in [0.25, 0.3) is 0 Å². The van der Waals surface area contributed by atoms with E-state index in [0.29, 0.717) is 5.56 Å². The van der Waals surface area contributed by atoms with E-state index in [1.807, 2.05) is 0 Å². The topological polar surface area (TPSA) is 89.8 Å². The maximum Gasteiger partial charge on any atom is 1.00 e. The van der Waals surface area contributed by atoms with Crippen molar-refractivity contribution in [1.82, 2.24) is 0 Å².